The zero-order valence-electron chi connectivity index (χ0n) is 18.4. The molecule has 0 heterocycles. The number of terminal acetylenes is 1. The lowest BCUT2D eigenvalue weighted by atomic mass is 10.1. The van der Waals surface area contributed by atoms with Crippen LogP contribution in [-0.2, 0) is 11.3 Å². The number of carbonyl (C=O) groups is 1. The molecule has 1 aromatic carbocycles. The number of rotatable bonds is 16. The van der Waals surface area contributed by atoms with Gasteiger partial charge in [0, 0.05) is 13.0 Å². The van der Waals surface area contributed by atoms with Gasteiger partial charge in [0.15, 0.2) is 0 Å². The van der Waals surface area contributed by atoms with E-state index < -0.39 is 0 Å². The highest BCUT2D eigenvalue weighted by molar-refractivity contribution is 5.76. The Morgan fingerprint density at radius 3 is 2.43 bits per heavy atom. The summed E-state index contributed by atoms with van der Waals surface area (Å²) in [5, 5.41) is 2.92. The van der Waals surface area contributed by atoms with Crippen LogP contribution in [0.2, 0.25) is 0 Å². The van der Waals surface area contributed by atoms with E-state index in [2.05, 4.69) is 54.8 Å². The molecule has 0 atom stereocenters. The first kappa shape index (κ1) is 25.3. The minimum atomic E-state index is 0.0496. The number of nitrogens with one attached hydrogen (secondary N) is 1. The van der Waals surface area contributed by atoms with E-state index in [1.54, 1.807) is 6.07 Å². The topological polar surface area (TPSA) is 38.3 Å². The van der Waals surface area contributed by atoms with E-state index in [1.165, 1.54) is 25.7 Å². The SMILES string of the molecule is C#COc1cccc(CNC(=O)CC/C=C/CCC/C=C\C/C=C\CCCCC)c1. The number of benzene rings is 1. The molecule has 0 saturated carbocycles. The van der Waals surface area contributed by atoms with Gasteiger partial charge in [0.05, 0.1) is 0 Å². The molecule has 1 N–H and O–H groups in total. The Bertz CT molecular complexity index is 710. The Hall–Kier alpha value is -2.73. The zero-order valence-corrected chi connectivity index (χ0v) is 18.4. The summed E-state index contributed by atoms with van der Waals surface area (Å²) >= 11 is 0. The summed E-state index contributed by atoms with van der Waals surface area (Å²) in [6.07, 6.45) is 31.4. The Labute approximate surface area is 183 Å². The molecular formula is C27H37NO2. The Morgan fingerprint density at radius 1 is 1.00 bits per heavy atom. The van der Waals surface area contributed by atoms with Crippen LogP contribution in [0.25, 0.3) is 0 Å². The van der Waals surface area contributed by atoms with E-state index in [-0.39, 0.29) is 5.91 Å². The number of carbonyl (C=O) groups excluding carboxylic acids is 1. The van der Waals surface area contributed by atoms with Crippen molar-refractivity contribution in [2.24, 2.45) is 0 Å². The van der Waals surface area contributed by atoms with Gasteiger partial charge in [0.25, 0.3) is 0 Å². The third-order valence-corrected chi connectivity index (χ3v) is 4.59. The molecule has 162 valence electrons. The fourth-order valence-corrected chi connectivity index (χ4v) is 2.90. The highest BCUT2D eigenvalue weighted by Gasteiger charge is 2.01. The van der Waals surface area contributed by atoms with Gasteiger partial charge in [-0.25, -0.2) is 0 Å². The summed E-state index contributed by atoms with van der Waals surface area (Å²) in [7, 11) is 0. The van der Waals surface area contributed by atoms with E-state index in [0.717, 1.165) is 37.7 Å². The zero-order chi connectivity index (χ0) is 21.7. The molecule has 0 aliphatic heterocycles. The van der Waals surface area contributed by atoms with Crippen LogP contribution < -0.4 is 10.1 Å². The normalized spacial score (nSPS) is 11.3. The number of hydrogen-bond acceptors (Lipinski definition) is 2. The van der Waals surface area contributed by atoms with E-state index >= 15 is 0 Å². The lowest BCUT2D eigenvalue weighted by molar-refractivity contribution is -0.121. The second-order valence-corrected chi connectivity index (χ2v) is 7.26. The van der Waals surface area contributed by atoms with Crippen LogP contribution in [0.4, 0.5) is 0 Å². The fraction of sp³-hybridized carbons (Fsp3) is 0.444. The average molecular weight is 408 g/mol. The molecular weight excluding hydrogens is 370 g/mol. The van der Waals surface area contributed by atoms with Crippen LogP contribution in [0.3, 0.4) is 0 Å². The van der Waals surface area contributed by atoms with E-state index in [0.29, 0.717) is 18.7 Å². The summed E-state index contributed by atoms with van der Waals surface area (Å²) in [5.74, 6) is 0.662. The van der Waals surface area contributed by atoms with Crippen LogP contribution in [0.15, 0.2) is 60.7 Å². The molecule has 0 aliphatic rings. The molecule has 30 heavy (non-hydrogen) atoms. The largest absolute Gasteiger partial charge is 0.408 e. The van der Waals surface area contributed by atoms with Gasteiger partial charge < -0.3 is 10.1 Å². The lowest BCUT2D eigenvalue weighted by Crippen LogP contribution is -2.22. The smallest absolute Gasteiger partial charge is 0.220 e. The van der Waals surface area contributed by atoms with Crippen LogP contribution in [0.5, 0.6) is 5.75 Å². The summed E-state index contributed by atoms with van der Waals surface area (Å²) in [5.41, 5.74) is 0.965. The molecule has 0 spiro atoms. The van der Waals surface area contributed by atoms with Crippen molar-refractivity contribution in [2.45, 2.75) is 77.7 Å². The summed E-state index contributed by atoms with van der Waals surface area (Å²) in [6, 6.07) is 7.41. The van der Waals surface area contributed by atoms with Crippen molar-refractivity contribution in [1.82, 2.24) is 5.32 Å². The van der Waals surface area contributed by atoms with Gasteiger partial charge >= 0.3 is 0 Å². The average Bonchev–Trinajstić information content (AvgIpc) is 2.75. The minimum absolute atomic E-state index is 0.0496. The molecule has 3 heteroatoms. The molecule has 0 aromatic heterocycles. The van der Waals surface area contributed by atoms with Gasteiger partial charge in [-0.3, -0.25) is 4.79 Å². The third kappa shape index (κ3) is 14.3. The number of amides is 1. The molecule has 1 aromatic rings. The van der Waals surface area contributed by atoms with Crippen LogP contribution in [-0.4, -0.2) is 5.91 Å². The van der Waals surface area contributed by atoms with Gasteiger partial charge in [0.2, 0.25) is 5.91 Å². The second-order valence-electron chi connectivity index (χ2n) is 7.26. The maximum atomic E-state index is 11.9. The molecule has 0 bridgehead atoms. The van der Waals surface area contributed by atoms with Gasteiger partial charge in [-0.2, -0.15) is 0 Å². The summed E-state index contributed by atoms with van der Waals surface area (Å²) < 4.78 is 5.01. The summed E-state index contributed by atoms with van der Waals surface area (Å²) in [6.45, 7) is 2.71. The van der Waals surface area contributed by atoms with Crippen molar-refractivity contribution in [2.75, 3.05) is 0 Å². The van der Waals surface area contributed by atoms with Crippen molar-refractivity contribution < 1.29 is 9.53 Å². The van der Waals surface area contributed by atoms with Crippen LogP contribution >= 0.6 is 0 Å². The van der Waals surface area contributed by atoms with E-state index in [1.807, 2.05) is 18.2 Å². The highest BCUT2D eigenvalue weighted by atomic mass is 16.5. The van der Waals surface area contributed by atoms with E-state index in [9.17, 15) is 4.79 Å². The molecule has 1 rings (SSSR count). The van der Waals surface area contributed by atoms with Crippen LogP contribution in [0.1, 0.15) is 76.7 Å². The number of ether oxygens (including phenoxy) is 1. The molecule has 3 nitrogen and oxygen atoms in total. The second kappa shape index (κ2) is 18.3. The van der Waals surface area contributed by atoms with E-state index in [4.69, 9.17) is 11.2 Å². The summed E-state index contributed by atoms with van der Waals surface area (Å²) in [4.78, 5) is 11.9. The van der Waals surface area contributed by atoms with Crippen molar-refractivity contribution in [3.8, 4) is 18.3 Å². The van der Waals surface area contributed by atoms with Crippen molar-refractivity contribution >= 4 is 5.91 Å². The Balaban J connectivity index is 2.02. The molecule has 1 amide bonds. The first-order chi connectivity index (χ1) is 14.8. The van der Waals surface area contributed by atoms with Crippen molar-refractivity contribution in [1.29, 1.82) is 0 Å². The van der Waals surface area contributed by atoms with Gasteiger partial charge in [-0.05, 0) is 62.6 Å². The van der Waals surface area contributed by atoms with Gasteiger partial charge in [0.1, 0.15) is 11.9 Å². The molecule has 0 saturated heterocycles. The van der Waals surface area contributed by atoms with Crippen LogP contribution in [0, 0.1) is 12.5 Å². The standard InChI is InChI=1S/C27H37NO2/c1-3-5-6-7-8-9-10-11-12-13-14-15-16-17-18-22-27(29)28-24-25-20-19-21-26(23-25)30-4-2/h2,8-9,11-12,16-17,19-21,23H,3,5-7,10,13-15,18,22,24H2,1H3,(H,28,29)/b9-8-,12-11-,17-16+. The molecule has 0 fully saturated rings. The minimum Gasteiger partial charge on any atom is -0.408 e. The van der Waals surface area contributed by atoms with Gasteiger partial charge in [-0.15, -0.1) is 0 Å². The molecule has 0 unspecified atom stereocenters. The monoisotopic (exact) mass is 407 g/mol. The molecule has 0 radical (unpaired) electrons. The third-order valence-electron chi connectivity index (χ3n) is 4.59. The Kier molecular flexibility index (Phi) is 15.4. The maximum Gasteiger partial charge on any atom is 0.220 e. The predicted molar refractivity (Wildman–Crippen MR) is 127 cm³/mol. The number of allylic oxidation sites excluding steroid dienone is 6. The van der Waals surface area contributed by atoms with Crippen molar-refractivity contribution in [3.05, 3.63) is 66.3 Å². The van der Waals surface area contributed by atoms with Crippen molar-refractivity contribution in [3.63, 3.8) is 0 Å². The predicted octanol–water partition coefficient (Wildman–Crippen LogP) is 6.86. The fourth-order valence-electron chi connectivity index (χ4n) is 2.90. The number of unbranched alkanes of at least 4 members (excludes halogenated alkanes) is 5. The Morgan fingerprint density at radius 2 is 1.70 bits per heavy atom. The quantitative estimate of drug-likeness (QED) is 0.185. The maximum absolute atomic E-state index is 11.9. The highest BCUT2D eigenvalue weighted by Crippen LogP contribution is 2.12. The lowest BCUT2D eigenvalue weighted by Gasteiger charge is -2.05. The molecule has 0 aliphatic carbocycles. The number of hydrogen-bond donors (Lipinski definition) is 1. The van der Waals surface area contributed by atoms with Gasteiger partial charge in [-0.1, -0.05) is 74.8 Å². The first-order valence-electron chi connectivity index (χ1n) is 11.2. The first-order valence-corrected chi connectivity index (χ1v) is 11.2.